The van der Waals surface area contributed by atoms with E-state index in [0.29, 0.717) is 26.2 Å². The molecule has 0 spiro atoms. The SMILES string of the molecule is CC1(c2ccc3c(c2)CCC3)NC(=O)N(CN2CCN(c3ccc([N+](=O)[O-])cc3)CC2)C1=O. The van der Waals surface area contributed by atoms with Crippen molar-refractivity contribution in [2.75, 3.05) is 37.7 Å². The van der Waals surface area contributed by atoms with Gasteiger partial charge in [0.15, 0.2) is 0 Å². The molecule has 1 atom stereocenters. The Morgan fingerprint density at radius 2 is 1.70 bits per heavy atom. The summed E-state index contributed by atoms with van der Waals surface area (Å²) in [7, 11) is 0. The number of rotatable bonds is 5. The average Bonchev–Trinajstić information content (AvgIpc) is 3.38. The second kappa shape index (κ2) is 8.15. The summed E-state index contributed by atoms with van der Waals surface area (Å²) in [4.78, 5) is 42.1. The van der Waals surface area contributed by atoms with Gasteiger partial charge in [0.25, 0.3) is 11.6 Å². The first-order valence-corrected chi connectivity index (χ1v) is 11.3. The number of amides is 3. The van der Waals surface area contributed by atoms with E-state index in [1.54, 1.807) is 19.1 Å². The second-order valence-corrected chi connectivity index (χ2v) is 9.15. The number of carbonyl (C=O) groups is 2. The summed E-state index contributed by atoms with van der Waals surface area (Å²) in [5.41, 5.74) is 3.40. The van der Waals surface area contributed by atoms with Crippen LogP contribution in [0.4, 0.5) is 16.2 Å². The number of imide groups is 1. The Hall–Kier alpha value is -3.46. The molecule has 2 saturated heterocycles. The van der Waals surface area contributed by atoms with Gasteiger partial charge in [0, 0.05) is 44.0 Å². The van der Waals surface area contributed by atoms with Crippen LogP contribution in [0, 0.1) is 10.1 Å². The number of nitrogens with zero attached hydrogens (tertiary/aromatic N) is 4. The van der Waals surface area contributed by atoms with Gasteiger partial charge < -0.3 is 10.2 Å². The van der Waals surface area contributed by atoms with Crippen molar-refractivity contribution in [1.29, 1.82) is 0 Å². The molecule has 172 valence electrons. The summed E-state index contributed by atoms with van der Waals surface area (Å²) in [6.45, 7) is 4.83. The lowest BCUT2D eigenvalue weighted by Gasteiger charge is -2.37. The highest BCUT2D eigenvalue weighted by Gasteiger charge is 2.49. The number of nitrogens with one attached hydrogen (secondary N) is 1. The molecule has 2 aromatic carbocycles. The smallest absolute Gasteiger partial charge is 0.326 e. The largest absolute Gasteiger partial charge is 0.369 e. The van der Waals surface area contributed by atoms with Gasteiger partial charge in [-0.15, -0.1) is 0 Å². The van der Waals surface area contributed by atoms with Crippen LogP contribution in [0.15, 0.2) is 42.5 Å². The summed E-state index contributed by atoms with van der Waals surface area (Å²) in [5.74, 6) is -0.219. The maximum Gasteiger partial charge on any atom is 0.326 e. The number of nitro groups is 1. The molecule has 0 saturated carbocycles. The van der Waals surface area contributed by atoms with E-state index in [1.807, 2.05) is 6.07 Å². The van der Waals surface area contributed by atoms with Gasteiger partial charge in [0.2, 0.25) is 0 Å². The van der Waals surface area contributed by atoms with E-state index in [0.717, 1.165) is 30.5 Å². The van der Waals surface area contributed by atoms with Gasteiger partial charge in [-0.3, -0.25) is 19.8 Å². The van der Waals surface area contributed by atoms with Crippen molar-refractivity contribution in [3.05, 3.63) is 69.3 Å². The monoisotopic (exact) mass is 449 g/mol. The van der Waals surface area contributed by atoms with Crippen molar-refractivity contribution >= 4 is 23.3 Å². The van der Waals surface area contributed by atoms with Crippen LogP contribution in [0.25, 0.3) is 0 Å². The topological polar surface area (TPSA) is 99.0 Å². The standard InChI is InChI=1S/C24H27N5O4/c1-24(19-6-5-17-3-2-4-18(17)15-19)22(30)28(23(31)25-24)16-26-11-13-27(14-12-26)20-7-9-21(10-8-20)29(32)33/h5-10,15H,2-4,11-14,16H2,1H3,(H,25,31). The molecule has 1 aliphatic carbocycles. The predicted octanol–water partition coefficient (Wildman–Crippen LogP) is 2.63. The maximum absolute atomic E-state index is 13.3. The van der Waals surface area contributed by atoms with E-state index < -0.39 is 10.5 Å². The molecule has 33 heavy (non-hydrogen) atoms. The van der Waals surface area contributed by atoms with E-state index in [4.69, 9.17) is 0 Å². The average molecular weight is 450 g/mol. The highest BCUT2D eigenvalue weighted by atomic mass is 16.6. The van der Waals surface area contributed by atoms with Crippen LogP contribution >= 0.6 is 0 Å². The number of nitro benzene ring substituents is 1. The van der Waals surface area contributed by atoms with Crippen molar-refractivity contribution in [2.24, 2.45) is 0 Å². The third kappa shape index (κ3) is 3.82. The van der Waals surface area contributed by atoms with Gasteiger partial charge in [-0.2, -0.15) is 0 Å². The van der Waals surface area contributed by atoms with E-state index in [2.05, 4.69) is 27.2 Å². The van der Waals surface area contributed by atoms with Crippen LogP contribution in [-0.4, -0.2) is 59.5 Å². The molecule has 2 aromatic rings. The summed E-state index contributed by atoms with van der Waals surface area (Å²) >= 11 is 0. The fourth-order valence-electron chi connectivity index (χ4n) is 5.04. The molecule has 0 bridgehead atoms. The van der Waals surface area contributed by atoms with Crippen LogP contribution in [0.3, 0.4) is 0 Å². The molecule has 1 unspecified atom stereocenters. The summed E-state index contributed by atoms with van der Waals surface area (Å²) < 4.78 is 0. The fraction of sp³-hybridized carbons (Fsp3) is 0.417. The maximum atomic E-state index is 13.3. The molecule has 9 nitrogen and oxygen atoms in total. The highest BCUT2D eigenvalue weighted by molar-refractivity contribution is 6.07. The molecule has 0 radical (unpaired) electrons. The molecular formula is C24H27N5O4. The molecule has 3 amide bonds. The van der Waals surface area contributed by atoms with Gasteiger partial charge in [-0.25, -0.2) is 9.69 Å². The number of benzene rings is 2. The van der Waals surface area contributed by atoms with Crippen molar-refractivity contribution in [3.63, 3.8) is 0 Å². The number of anilines is 1. The lowest BCUT2D eigenvalue weighted by Crippen LogP contribution is -2.51. The Morgan fingerprint density at radius 1 is 1.00 bits per heavy atom. The van der Waals surface area contributed by atoms with Crippen LogP contribution in [0.2, 0.25) is 0 Å². The van der Waals surface area contributed by atoms with E-state index in [1.165, 1.54) is 28.2 Å². The van der Waals surface area contributed by atoms with E-state index >= 15 is 0 Å². The van der Waals surface area contributed by atoms with E-state index in [-0.39, 0.29) is 24.3 Å². The van der Waals surface area contributed by atoms with Crippen LogP contribution in [0.1, 0.15) is 30.0 Å². The normalized spacial score (nSPS) is 23.1. The molecule has 1 N–H and O–H groups in total. The lowest BCUT2D eigenvalue weighted by atomic mass is 9.90. The Bertz CT molecular complexity index is 1110. The van der Waals surface area contributed by atoms with Crippen molar-refractivity contribution in [2.45, 2.75) is 31.7 Å². The van der Waals surface area contributed by atoms with Crippen LogP contribution < -0.4 is 10.2 Å². The summed E-state index contributed by atoms with van der Waals surface area (Å²) in [5, 5.41) is 13.8. The number of aryl methyl sites for hydroxylation is 2. The number of carbonyl (C=O) groups excluding carboxylic acids is 2. The third-order valence-corrected chi connectivity index (χ3v) is 7.09. The van der Waals surface area contributed by atoms with Crippen LogP contribution in [-0.2, 0) is 23.2 Å². The molecule has 2 heterocycles. The molecule has 5 rings (SSSR count). The number of fused-ring (bicyclic) bond motifs is 1. The highest BCUT2D eigenvalue weighted by Crippen LogP contribution is 2.33. The minimum atomic E-state index is -1.05. The van der Waals surface area contributed by atoms with Gasteiger partial charge >= 0.3 is 6.03 Å². The Kier molecular flexibility index (Phi) is 5.28. The zero-order chi connectivity index (χ0) is 23.2. The summed E-state index contributed by atoms with van der Waals surface area (Å²) in [6.07, 6.45) is 3.22. The molecule has 3 aliphatic rings. The number of non-ortho nitro benzene ring substituents is 1. The molecular weight excluding hydrogens is 422 g/mol. The fourth-order valence-corrected chi connectivity index (χ4v) is 5.04. The zero-order valence-electron chi connectivity index (χ0n) is 18.6. The van der Waals surface area contributed by atoms with Gasteiger partial charge in [-0.05, 0) is 55.0 Å². The van der Waals surface area contributed by atoms with Gasteiger partial charge in [0.1, 0.15) is 5.54 Å². The first-order valence-electron chi connectivity index (χ1n) is 11.3. The van der Waals surface area contributed by atoms with Gasteiger partial charge in [0.05, 0.1) is 11.6 Å². The Balaban J connectivity index is 1.23. The molecule has 2 aliphatic heterocycles. The zero-order valence-corrected chi connectivity index (χ0v) is 18.6. The number of hydrogen-bond donors (Lipinski definition) is 1. The first-order chi connectivity index (χ1) is 15.8. The Labute approximate surface area is 192 Å². The van der Waals surface area contributed by atoms with Crippen molar-refractivity contribution in [3.8, 4) is 0 Å². The third-order valence-electron chi connectivity index (χ3n) is 7.09. The molecule has 0 aromatic heterocycles. The van der Waals surface area contributed by atoms with Crippen LogP contribution in [0.5, 0.6) is 0 Å². The van der Waals surface area contributed by atoms with Gasteiger partial charge in [-0.1, -0.05) is 18.2 Å². The summed E-state index contributed by atoms with van der Waals surface area (Å²) in [6, 6.07) is 12.3. The quantitative estimate of drug-likeness (QED) is 0.428. The minimum absolute atomic E-state index is 0.0716. The lowest BCUT2D eigenvalue weighted by molar-refractivity contribution is -0.384. The molecule has 9 heteroatoms. The predicted molar refractivity (Wildman–Crippen MR) is 123 cm³/mol. The number of urea groups is 1. The van der Waals surface area contributed by atoms with Crippen molar-refractivity contribution < 1.29 is 14.5 Å². The van der Waals surface area contributed by atoms with E-state index in [9.17, 15) is 19.7 Å². The molecule has 2 fully saturated rings. The first kappa shape index (κ1) is 21.4. The Morgan fingerprint density at radius 3 is 2.39 bits per heavy atom. The number of hydrogen-bond acceptors (Lipinski definition) is 6. The minimum Gasteiger partial charge on any atom is -0.369 e. The van der Waals surface area contributed by atoms with Crippen molar-refractivity contribution in [1.82, 2.24) is 15.1 Å². The second-order valence-electron chi connectivity index (χ2n) is 9.15. The number of piperazine rings is 1.